The van der Waals surface area contributed by atoms with E-state index in [1.54, 1.807) is 18.0 Å². The normalized spacial score (nSPS) is 23.2. The maximum Gasteiger partial charge on any atom is 0.161 e. The van der Waals surface area contributed by atoms with Gasteiger partial charge in [0.1, 0.15) is 13.2 Å². The topological polar surface area (TPSA) is 69.7 Å². The number of aliphatic imine (C=N–C) groups is 1. The third-order valence-corrected chi connectivity index (χ3v) is 4.79. The van der Waals surface area contributed by atoms with E-state index in [2.05, 4.69) is 9.98 Å². The van der Waals surface area contributed by atoms with Gasteiger partial charge in [0.2, 0.25) is 0 Å². The molecule has 2 atom stereocenters. The highest BCUT2D eigenvalue weighted by Gasteiger charge is 2.33. The van der Waals surface area contributed by atoms with E-state index >= 15 is 0 Å². The monoisotopic (exact) mass is 313 g/mol. The molecule has 22 heavy (non-hydrogen) atoms. The molecule has 3 heterocycles. The Kier molecular flexibility index (Phi) is 3.38. The van der Waals surface area contributed by atoms with Gasteiger partial charge in [0.05, 0.1) is 17.0 Å². The van der Waals surface area contributed by atoms with Gasteiger partial charge in [-0.05, 0) is 29.8 Å². The summed E-state index contributed by atoms with van der Waals surface area (Å²) in [5.41, 5.74) is 8.00. The SMILES string of the molecule is NC1=NC(c2ccc3c(c2)OCCO3)C(c2ccccn2)S1. The molecule has 0 amide bonds. The van der Waals surface area contributed by atoms with Gasteiger partial charge in [0, 0.05) is 6.20 Å². The van der Waals surface area contributed by atoms with E-state index in [9.17, 15) is 0 Å². The summed E-state index contributed by atoms with van der Waals surface area (Å²) in [5.74, 6) is 1.56. The first-order valence-corrected chi connectivity index (χ1v) is 7.99. The van der Waals surface area contributed by atoms with E-state index in [4.69, 9.17) is 15.2 Å². The largest absolute Gasteiger partial charge is 0.486 e. The number of nitrogens with zero attached hydrogens (tertiary/aromatic N) is 2. The maximum atomic E-state index is 5.96. The third-order valence-electron chi connectivity index (χ3n) is 3.69. The minimum absolute atomic E-state index is 0.0595. The second kappa shape index (κ2) is 5.53. The van der Waals surface area contributed by atoms with Crippen molar-refractivity contribution in [1.29, 1.82) is 0 Å². The first kappa shape index (κ1) is 13.5. The molecule has 2 N–H and O–H groups in total. The maximum absolute atomic E-state index is 5.96. The Labute approximate surface area is 132 Å². The van der Waals surface area contributed by atoms with Gasteiger partial charge in [-0.25, -0.2) is 0 Å². The second-order valence-electron chi connectivity index (χ2n) is 5.11. The van der Waals surface area contributed by atoms with Gasteiger partial charge in [-0.2, -0.15) is 0 Å². The van der Waals surface area contributed by atoms with E-state index in [0.29, 0.717) is 18.4 Å². The summed E-state index contributed by atoms with van der Waals surface area (Å²) in [5, 5.41) is 0.680. The van der Waals surface area contributed by atoms with Crippen LogP contribution in [0, 0.1) is 0 Å². The van der Waals surface area contributed by atoms with Crippen LogP contribution in [0.1, 0.15) is 22.5 Å². The smallest absolute Gasteiger partial charge is 0.161 e. The Morgan fingerprint density at radius 1 is 1.09 bits per heavy atom. The van der Waals surface area contributed by atoms with Crippen molar-refractivity contribution in [3.8, 4) is 11.5 Å². The van der Waals surface area contributed by atoms with Crippen LogP contribution in [0.4, 0.5) is 0 Å². The summed E-state index contributed by atoms with van der Waals surface area (Å²) in [6, 6.07) is 11.8. The van der Waals surface area contributed by atoms with Crippen molar-refractivity contribution in [2.45, 2.75) is 11.3 Å². The van der Waals surface area contributed by atoms with Crippen LogP contribution >= 0.6 is 11.8 Å². The number of pyridine rings is 1. The molecule has 0 saturated heterocycles. The molecule has 4 rings (SSSR count). The van der Waals surface area contributed by atoms with Crippen molar-refractivity contribution >= 4 is 16.9 Å². The predicted octanol–water partition coefficient (Wildman–Crippen LogP) is 2.70. The molecule has 112 valence electrons. The van der Waals surface area contributed by atoms with Crippen molar-refractivity contribution in [3.05, 3.63) is 53.9 Å². The molecule has 6 heteroatoms. The number of benzene rings is 1. The molecule has 0 fully saturated rings. The number of hydrogen-bond acceptors (Lipinski definition) is 6. The van der Waals surface area contributed by atoms with Gasteiger partial charge in [-0.3, -0.25) is 9.98 Å². The summed E-state index contributed by atoms with van der Waals surface area (Å²) in [7, 11) is 0. The van der Waals surface area contributed by atoms with E-state index in [0.717, 1.165) is 22.8 Å². The van der Waals surface area contributed by atoms with Crippen LogP contribution < -0.4 is 15.2 Å². The summed E-state index contributed by atoms with van der Waals surface area (Å²) < 4.78 is 11.2. The highest BCUT2D eigenvalue weighted by molar-refractivity contribution is 8.14. The lowest BCUT2D eigenvalue weighted by Gasteiger charge is -2.21. The van der Waals surface area contributed by atoms with E-state index in [-0.39, 0.29) is 11.3 Å². The van der Waals surface area contributed by atoms with Crippen LogP contribution in [0.2, 0.25) is 0 Å². The molecular formula is C16H15N3O2S. The number of aromatic nitrogens is 1. The average molecular weight is 313 g/mol. The average Bonchev–Trinajstić information content (AvgIpc) is 2.97. The van der Waals surface area contributed by atoms with Crippen molar-refractivity contribution in [2.24, 2.45) is 10.7 Å². The number of ether oxygens (including phenoxy) is 2. The highest BCUT2D eigenvalue weighted by Crippen LogP contribution is 2.48. The summed E-state index contributed by atoms with van der Waals surface area (Å²) in [4.78, 5) is 9.04. The molecule has 0 saturated carbocycles. The fourth-order valence-electron chi connectivity index (χ4n) is 2.69. The van der Waals surface area contributed by atoms with Gasteiger partial charge >= 0.3 is 0 Å². The van der Waals surface area contributed by atoms with Gasteiger partial charge in [0.15, 0.2) is 16.7 Å². The quantitative estimate of drug-likeness (QED) is 0.923. The Bertz CT molecular complexity index is 721. The Balaban J connectivity index is 1.70. The van der Waals surface area contributed by atoms with Crippen LogP contribution in [-0.4, -0.2) is 23.4 Å². The van der Waals surface area contributed by atoms with E-state index in [1.807, 2.05) is 36.4 Å². The molecule has 0 aliphatic carbocycles. The molecule has 2 aliphatic rings. The molecule has 1 aromatic heterocycles. The van der Waals surface area contributed by atoms with Crippen LogP contribution in [0.3, 0.4) is 0 Å². The zero-order valence-electron chi connectivity index (χ0n) is 11.8. The molecule has 1 aromatic carbocycles. The zero-order valence-corrected chi connectivity index (χ0v) is 12.6. The zero-order chi connectivity index (χ0) is 14.9. The Hall–Kier alpha value is -2.21. The number of rotatable bonds is 2. The first-order chi connectivity index (χ1) is 10.8. The molecule has 2 aliphatic heterocycles. The predicted molar refractivity (Wildman–Crippen MR) is 86.4 cm³/mol. The Morgan fingerprint density at radius 2 is 1.95 bits per heavy atom. The fraction of sp³-hybridized carbons (Fsp3) is 0.250. The van der Waals surface area contributed by atoms with Gasteiger partial charge in [-0.15, -0.1) is 0 Å². The molecule has 2 aromatic rings. The lowest BCUT2D eigenvalue weighted by Crippen LogP contribution is -2.15. The molecule has 0 bridgehead atoms. The standard InChI is InChI=1S/C16H15N3O2S/c17-16-19-14(15(22-16)11-3-1-2-6-18-11)10-4-5-12-13(9-10)21-8-7-20-12/h1-6,9,14-15H,7-8H2,(H2,17,19). The summed E-state index contributed by atoms with van der Waals surface area (Å²) in [6.07, 6.45) is 1.80. The van der Waals surface area contributed by atoms with Crippen LogP contribution in [0.15, 0.2) is 47.6 Å². The summed E-state index contributed by atoms with van der Waals surface area (Å²) in [6.45, 7) is 1.16. The molecule has 2 unspecified atom stereocenters. The third kappa shape index (κ3) is 2.39. The van der Waals surface area contributed by atoms with Crippen molar-refractivity contribution < 1.29 is 9.47 Å². The second-order valence-corrected chi connectivity index (χ2v) is 6.27. The number of fused-ring (bicyclic) bond motifs is 1. The number of thioether (sulfide) groups is 1. The van der Waals surface area contributed by atoms with Crippen molar-refractivity contribution in [2.75, 3.05) is 13.2 Å². The molecule has 5 nitrogen and oxygen atoms in total. The van der Waals surface area contributed by atoms with Crippen molar-refractivity contribution in [1.82, 2.24) is 4.98 Å². The van der Waals surface area contributed by atoms with Gasteiger partial charge in [-0.1, -0.05) is 23.9 Å². The van der Waals surface area contributed by atoms with Crippen LogP contribution in [0.25, 0.3) is 0 Å². The van der Waals surface area contributed by atoms with E-state index < -0.39 is 0 Å². The highest BCUT2D eigenvalue weighted by atomic mass is 32.2. The lowest BCUT2D eigenvalue weighted by molar-refractivity contribution is 0.171. The minimum Gasteiger partial charge on any atom is -0.486 e. The van der Waals surface area contributed by atoms with Crippen LogP contribution in [0.5, 0.6) is 11.5 Å². The van der Waals surface area contributed by atoms with Gasteiger partial charge in [0.25, 0.3) is 0 Å². The molecule has 0 spiro atoms. The summed E-state index contributed by atoms with van der Waals surface area (Å²) >= 11 is 1.55. The number of amidine groups is 1. The first-order valence-electron chi connectivity index (χ1n) is 7.12. The van der Waals surface area contributed by atoms with Crippen LogP contribution in [-0.2, 0) is 0 Å². The van der Waals surface area contributed by atoms with E-state index in [1.165, 1.54) is 0 Å². The fourth-order valence-corrected chi connectivity index (χ4v) is 3.73. The molecule has 0 radical (unpaired) electrons. The minimum atomic E-state index is -0.0595. The molecular weight excluding hydrogens is 298 g/mol. The van der Waals surface area contributed by atoms with Gasteiger partial charge < -0.3 is 15.2 Å². The number of hydrogen-bond donors (Lipinski definition) is 1. The number of nitrogens with two attached hydrogens (primary N) is 1. The van der Waals surface area contributed by atoms with Crippen molar-refractivity contribution in [3.63, 3.8) is 0 Å². The Morgan fingerprint density at radius 3 is 2.77 bits per heavy atom. The lowest BCUT2D eigenvalue weighted by atomic mass is 10.0.